The van der Waals surface area contributed by atoms with Crippen molar-refractivity contribution in [2.75, 3.05) is 11.9 Å². The number of aryl methyl sites for hydroxylation is 3. The van der Waals surface area contributed by atoms with Crippen molar-refractivity contribution in [3.05, 3.63) is 82.4 Å². The maximum atomic E-state index is 13.0. The molecule has 7 heteroatoms. The summed E-state index contributed by atoms with van der Waals surface area (Å²) in [6.45, 7) is 9.06. The number of amides is 1. The number of thiocarbonyl (C=S) groups is 1. The minimum absolute atomic E-state index is 0.00536. The molecule has 3 aromatic rings. The number of rotatable bonds is 7. The van der Waals surface area contributed by atoms with E-state index in [1.807, 2.05) is 44.3 Å². The van der Waals surface area contributed by atoms with Crippen molar-refractivity contribution < 1.29 is 4.79 Å². The fourth-order valence-electron chi connectivity index (χ4n) is 6.29. The minimum atomic E-state index is -0.0777. The second-order valence-corrected chi connectivity index (χ2v) is 11.3. The molecule has 3 heterocycles. The van der Waals surface area contributed by atoms with Crippen molar-refractivity contribution in [1.29, 1.82) is 0 Å². The molecule has 1 saturated heterocycles. The van der Waals surface area contributed by atoms with E-state index < -0.39 is 0 Å². The third-order valence-corrected chi connectivity index (χ3v) is 8.58. The van der Waals surface area contributed by atoms with Crippen LogP contribution in [-0.2, 0) is 4.79 Å². The molecule has 200 valence electrons. The third-order valence-electron chi connectivity index (χ3n) is 8.23. The number of nitrogens with one attached hydrogen (secondary N) is 2. The van der Waals surface area contributed by atoms with Crippen LogP contribution in [-0.4, -0.2) is 32.0 Å². The average Bonchev–Trinajstić information content (AvgIpc) is 3.40. The molecule has 0 radical (unpaired) electrons. The molecule has 38 heavy (non-hydrogen) atoms. The summed E-state index contributed by atoms with van der Waals surface area (Å²) in [5.74, 6) is -0.00536. The standard InChI is InChI=1S/C31H39N5OS/c1-20-13-14-21(2)27(18-20)33-28(37)15-17-35-30(29(34-31(35)38)26-12-8-9-16-32-26)25-19-22(3)36(23(25)4)24-10-6-5-7-11-24/h8-9,12-14,16,18-19,24,29-30H,5-7,10-11,15,17H2,1-4H3,(H,33,37)(H,34,38)/t29-,30+/m1/s1. The molecule has 1 aromatic carbocycles. The predicted molar refractivity (Wildman–Crippen MR) is 157 cm³/mol. The summed E-state index contributed by atoms with van der Waals surface area (Å²) in [5.41, 5.74) is 7.89. The Hall–Kier alpha value is -3.19. The van der Waals surface area contributed by atoms with Crippen LogP contribution in [0.3, 0.4) is 0 Å². The van der Waals surface area contributed by atoms with Crippen LogP contribution in [0.5, 0.6) is 0 Å². The quantitative estimate of drug-likeness (QED) is 0.337. The van der Waals surface area contributed by atoms with E-state index in [-0.39, 0.29) is 18.0 Å². The molecule has 1 aliphatic heterocycles. The van der Waals surface area contributed by atoms with Gasteiger partial charge in [-0.25, -0.2) is 0 Å². The van der Waals surface area contributed by atoms with Crippen molar-refractivity contribution in [1.82, 2.24) is 19.8 Å². The van der Waals surface area contributed by atoms with E-state index in [0.29, 0.717) is 24.1 Å². The summed E-state index contributed by atoms with van der Waals surface area (Å²) in [6, 6.07) is 14.9. The van der Waals surface area contributed by atoms with Gasteiger partial charge in [0.2, 0.25) is 5.91 Å². The smallest absolute Gasteiger partial charge is 0.226 e. The maximum Gasteiger partial charge on any atom is 0.226 e. The molecule has 2 atom stereocenters. The Balaban J connectivity index is 1.43. The lowest BCUT2D eigenvalue weighted by Gasteiger charge is -2.29. The van der Waals surface area contributed by atoms with Crippen LogP contribution in [0, 0.1) is 27.7 Å². The van der Waals surface area contributed by atoms with E-state index in [2.05, 4.69) is 57.1 Å². The molecule has 0 unspecified atom stereocenters. The number of benzene rings is 1. The molecule has 6 nitrogen and oxygen atoms in total. The minimum Gasteiger partial charge on any atom is -0.352 e. The predicted octanol–water partition coefficient (Wildman–Crippen LogP) is 6.62. The SMILES string of the molecule is Cc1ccc(C)c(NC(=O)CCN2C(=S)N[C@H](c3ccccn3)[C@@H]2c2cc(C)n(C3CCCCC3)c2C)c1. The van der Waals surface area contributed by atoms with E-state index in [1.54, 1.807) is 0 Å². The van der Waals surface area contributed by atoms with Gasteiger partial charge < -0.3 is 20.1 Å². The Morgan fingerprint density at radius 2 is 1.87 bits per heavy atom. The summed E-state index contributed by atoms with van der Waals surface area (Å²) in [5, 5.41) is 7.33. The second-order valence-electron chi connectivity index (χ2n) is 10.9. The highest BCUT2D eigenvalue weighted by Gasteiger charge is 2.41. The Morgan fingerprint density at radius 3 is 2.61 bits per heavy atom. The molecule has 1 saturated carbocycles. The molecule has 1 aliphatic carbocycles. The zero-order valence-corrected chi connectivity index (χ0v) is 23.8. The first-order valence-corrected chi connectivity index (χ1v) is 14.3. The monoisotopic (exact) mass is 529 g/mol. The molecule has 0 bridgehead atoms. The van der Waals surface area contributed by atoms with Crippen LogP contribution >= 0.6 is 12.2 Å². The number of pyridine rings is 1. The number of nitrogens with zero attached hydrogens (tertiary/aromatic N) is 3. The van der Waals surface area contributed by atoms with Gasteiger partial charge in [-0.2, -0.15) is 0 Å². The first-order valence-electron chi connectivity index (χ1n) is 13.9. The van der Waals surface area contributed by atoms with Gasteiger partial charge in [-0.3, -0.25) is 9.78 Å². The Bertz CT molecular complexity index is 1310. The van der Waals surface area contributed by atoms with Crippen molar-refractivity contribution in [2.24, 2.45) is 0 Å². The fourth-order valence-corrected chi connectivity index (χ4v) is 6.63. The van der Waals surface area contributed by atoms with Crippen molar-refractivity contribution >= 4 is 28.9 Å². The molecule has 2 aromatic heterocycles. The van der Waals surface area contributed by atoms with Crippen molar-refractivity contribution in [3.8, 4) is 0 Å². The van der Waals surface area contributed by atoms with Gasteiger partial charge in [-0.15, -0.1) is 0 Å². The number of carbonyl (C=O) groups is 1. The van der Waals surface area contributed by atoms with Crippen molar-refractivity contribution in [3.63, 3.8) is 0 Å². The number of carbonyl (C=O) groups excluding carboxylic acids is 1. The highest BCUT2D eigenvalue weighted by Crippen LogP contribution is 2.42. The van der Waals surface area contributed by atoms with Gasteiger partial charge in [0.05, 0.1) is 17.8 Å². The van der Waals surface area contributed by atoms with Crippen LogP contribution in [0.15, 0.2) is 48.7 Å². The maximum absolute atomic E-state index is 13.0. The van der Waals surface area contributed by atoms with Crippen LogP contribution in [0.1, 0.15) is 90.4 Å². The van der Waals surface area contributed by atoms with Gasteiger partial charge >= 0.3 is 0 Å². The number of hydrogen-bond donors (Lipinski definition) is 2. The molecular formula is C31H39N5OS. The summed E-state index contributed by atoms with van der Waals surface area (Å²) >= 11 is 5.87. The molecule has 2 N–H and O–H groups in total. The van der Waals surface area contributed by atoms with Crippen LogP contribution < -0.4 is 10.6 Å². The number of anilines is 1. The van der Waals surface area contributed by atoms with Crippen LogP contribution in [0.2, 0.25) is 0 Å². The van der Waals surface area contributed by atoms with Gasteiger partial charge in [-0.05, 0) is 93.7 Å². The topological polar surface area (TPSA) is 62.2 Å². The summed E-state index contributed by atoms with van der Waals surface area (Å²) in [7, 11) is 0. The van der Waals surface area contributed by atoms with Crippen LogP contribution in [0.4, 0.5) is 5.69 Å². The number of aromatic nitrogens is 2. The van der Waals surface area contributed by atoms with E-state index in [9.17, 15) is 4.79 Å². The Labute approximate surface area is 231 Å². The first kappa shape index (κ1) is 26.4. The third kappa shape index (κ3) is 5.35. The van der Waals surface area contributed by atoms with E-state index >= 15 is 0 Å². The lowest BCUT2D eigenvalue weighted by molar-refractivity contribution is -0.116. The van der Waals surface area contributed by atoms with Gasteiger partial charge in [0.1, 0.15) is 0 Å². The first-order chi connectivity index (χ1) is 18.3. The number of hydrogen-bond acceptors (Lipinski definition) is 3. The second kappa shape index (κ2) is 11.3. The van der Waals surface area contributed by atoms with E-state index in [1.165, 1.54) is 49.1 Å². The molecule has 5 rings (SSSR count). The fraction of sp³-hybridized carbons (Fsp3) is 0.452. The van der Waals surface area contributed by atoms with E-state index in [4.69, 9.17) is 12.2 Å². The highest BCUT2D eigenvalue weighted by atomic mass is 32.1. The lowest BCUT2D eigenvalue weighted by atomic mass is 9.94. The lowest BCUT2D eigenvalue weighted by Crippen LogP contribution is -2.33. The molecule has 2 fully saturated rings. The highest BCUT2D eigenvalue weighted by molar-refractivity contribution is 7.80. The Morgan fingerprint density at radius 1 is 1.08 bits per heavy atom. The average molecular weight is 530 g/mol. The van der Waals surface area contributed by atoms with Gasteiger partial charge in [0.25, 0.3) is 0 Å². The molecule has 2 aliphatic rings. The van der Waals surface area contributed by atoms with Gasteiger partial charge in [-0.1, -0.05) is 37.5 Å². The van der Waals surface area contributed by atoms with Gasteiger partial charge in [0, 0.05) is 42.3 Å². The largest absolute Gasteiger partial charge is 0.352 e. The molecular weight excluding hydrogens is 490 g/mol. The normalized spacial score (nSPS) is 20.0. The summed E-state index contributed by atoms with van der Waals surface area (Å²) in [4.78, 5) is 19.9. The zero-order chi connectivity index (χ0) is 26.8. The summed E-state index contributed by atoms with van der Waals surface area (Å²) in [6.07, 6.45) is 8.59. The molecule has 1 amide bonds. The zero-order valence-electron chi connectivity index (χ0n) is 23.0. The van der Waals surface area contributed by atoms with Crippen molar-refractivity contribution in [2.45, 2.75) is 84.3 Å². The van der Waals surface area contributed by atoms with E-state index in [0.717, 1.165) is 22.5 Å². The van der Waals surface area contributed by atoms with Gasteiger partial charge in [0.15, 0.2) is 5.11 Å². The summed E-state index contributed by atoms with van der Waals surface area (Å²) < 4.78 is 2.55. The van der Waals surface area contributed by atoms with Crippen LogP contribution in [0.25, 0.3) is 0 Å². The Kier molecular flexibility index (Phi) is 7.84. The molecule has 0 spiro atoms.